The molecule has 0 N–H and O–H groups in total. The maximum absolute atomic E-state index is 10.7. The van der Waals surface area contributed by atoms with Crippen LogP contribution in [0.1, 0.15) is 38.2 Å². The zero-order chi connectivity index (χ0) is 9.84. The van der Waals surface area contributed by atoms with Crippen molar-refractivity contribution < 1.29 is 8.83 Å². The molecule has 0 aliphatic carbocycles. The quantitative estimate of drug-likeness (QED) is 0.722. The van der Waals surface area contributed by atoms with Gasteiger partial charge in [-0.2, -0.15) is 0 Å². The highest BCUT2D eigenvalue weighted by Gasteiger charge is 2.07. The minimum Gasteiger partial charge on any atom is -0.396 e. The molecule has 1 heterocycles. The molecule has 1 aromatic heterocycles. The van der Waals surface area contributed by atoms with E-state index in [0.717, 1.165) is 19.3 Å². The summed E-state index contributed by atoms with van der Waals surface area (Å²) in [5.41, 5.74) is 0. The molecule has 74 valence electrons. The van der Waals surface area contributed by atoms with Gasteiger partial charge in [-0.15, -0.1) is 0 Å². The standard InChI is InChI=1S/C10H16O3/c1-7(2)5-4-6-9-8(3)12-10(11)13-9/h7H,4-6H2,1-3H3. The van der Waals surface area contributed by atoms with Crippen molar-refractivity contribution in [2.24, 2.45) is 5.92 Å². The van der Waals surface area contributed by atoms with Gasteiger partial charge in [-0.25, -0.2) is 4.79 Å². The summed E-state index contributed by atoms with van der Waals surface area (Å²) in [5, 5.41) is 0. The van der Waals surface area contributed by atoms with Crippen molar-refractivity contribution >= 4 is 0 Å². The Bertz CT molecular complexity index is 306. The summed E-state index contributed by atoms with van der Waals surface area (Å²) in [6.07, 6.45) is 2.99. The fourth-order valence-electron chi connectivity index (χ4n) is 1.27. The molecule has 0 spiro atoms. The molecule has 0 radical (unpaired) electrons. The molecule has 3 nitrogen and oxygen atoms in total. The molecule has 13 heavy (non-hydrogen) atoms. The molecule has 0 fully saturated rings. The molecular formula is C10H16O3. The van der Waals surface area contributed by atoms with E-state index in [9.17, 15) is 4.79 Å². The lowest BCUT2D eigenvalue weighted by molar-refractivity contribution is 0.366. The van der Waals surface area contributed by atoms with Crippen LogP contribution in [0.4, 0.5) is 0 Å². The second kappa shape index (κ2) is 4.30. The number of rotatable bonds is 4. The van der Waals surface area contributed by atoms with E-state index < -0.39 is 5.82 Å². The fourth-order valence-corrected chi connectivity index (χ4v) is 1.27. The Labute approximate surface area is 77.7 Å². The molecule has 0 atom stereocenters. The number of aryl methyl sites for hydroxylation is 2. The highest BCUT2D eigenvalue weighted by atomic mass is 16.6. The van der Waals surface area contributed by atoms with Crippen LogP contribution in [0.3, 0.4) is 0 Å². The average Bonchev–Trinajstić information content (AvgIpc) is 2.29. The molecule has 0 aliphatic rings. The topological polar surface area (TPSA) is 43.4 Å². The van der Waals surface area contributed by atoms with Crippen molar-refractivity contribution in [3.63, 3.8) is 0 Å². The van der Waals surface area contributed by atoms with Crippen LogP contribution >= 0.6 is 0 Å². The van der Waals surface area contributed by atoms with Gasteiger partial charge in [0.15, 0.2) is 0 Å². The van der Waals surface area contributed by atoms with Crippen molar-refractivity contribution in [3.8, 4) is 0 Å². The van der Waals surface area contributed by atoms with Gasteiger partial charge in [0.25, 0.3) is 0 Å². The first-order chi connectivity index (χ1) is 6.09. The molecule has 0 bridgehead atoms. The minimum atomic E-state index is -0.586. The van der Waals surface area contributed by atoms with E-state index in [0.29, 0.717) is 17.4 Å². The Morgan fingerprint density at radius 1 is 1.31 bits per heavy atom. The molecule has 0 aliphatic heterocycles. The van der Waals surface area contributed by atoms with Crippen molar-refractivity contribution in [2.75, 3.05) is 0 Å². The normalized spacial score (nSPS) is 11.1. The van der Waals surface area contributed by atoms with Crippen molar-refractivity contribution in [1.29, 1.82) is 0 Å². The number of hydrogen-bond acceptors (Lipinski definition) is 3. The summed E-state index contributed by atoms with van der Waals surface area (Å²) in [5.74, 6) is 1.43. The molecule has 0 aromatic carbocycles. The van der Waals surface area contributed by atoms with Crippen LogP contribution in [0, 0.1) is 12.8 Å². The summed E-state index contributed by atoms with van der Waals surface area (Å²) in [4.78, 5) is 10.7. The third-order valence-corrected chi connectivity index (χ3v) is 2.02. The Balaban J connectivity index is 2.45. The highest BCUT2D eigenvalue weighted by molar-refractivity contribution is 5.00. The van der Waals surface area contributed by atoms with E-state index in [1.54, 1.807) is 6.92 Å². The zero-order valence-electron chi connectivity index (χ0n) is 8.42. The molecule has 0 saturated carbocycles. The molecule has 0 amide bonds. The van der Waals surface area contributed by atoms with Gasteiger partial charge >= 0.3 is 5.82 Å². The molecule has 1 aromatic rings. The third kappa shape index (κ3) is 3.09. The monoisotopic (exact) mass is 184 g/mol. The summed E-state index contributed by atoms with van der Waals surface area (Å²) in [7, 11) is 0. The van der Waals surface area contributed by atoms with E-state index in [1.807, 2.05) is 0 Å². The first-order valence-corrected chi connectivity index (χ1v) is 4.69. The zero-order valence-corrected chi connectivity index (χ0v) is 8.42. The second-order valence-corrected chi connectivity index (χ2v) is 3.72. The van der Waals surface area contributed by atoms with Crippen LogP contribution in [-0.4, -0.2) is 0 Å². The molecular weight excluding hydrogens is 168 g/mol. The Morgan fingerprint density at radius 2 is 2.00 bits per heavy atom. The summed E-state index contributed by atoms with van der Waals surface area (Å²) in [6.45, 7) is 6.12. The maximum atomic E-state index is 10.7. The maximum Gasteiger partial charge on any atom is 0.519 e. The van der Waals surface area contributed by atoms with Gasteiger partial charge in [-0.1, -0.05) is 20.3 Å². The van der Waals surface area contributed by atoms with Crippen LogP contribution in [-0.2, 0) is 6.42 Å². The minimum absolute atomic E-state index is 0.586. The van der Waals surface area contributed by atoms with Crippen molar-refractivity contribution in [1.82, 2.24) is 0 Å². The van der Waals surface area contributed by atoms with Gasteiger partial charge in [-0.05, 0) is 19.3 Å². The molecule has 1 rings (SSSR count). The van der Waals surface area contributed by atoms with E-state index in [4.69, 9.17) is 8.83 Å². The molecule has 3 heteroatoms. The van der Waals surface area contributed by atoms with Crippen molar-refractivity contribution in [2.45, 2.75) is 40.0 Å². The predicted molar refractivity (Wildman–Crippen MR) is 49.8 cm³/mol. The molecule has 0 unspecified atom stereocenters. The van der Waals surface area contributed by atoms with E-state index >= 15 is 0 Å². The van der Waals surface area contributed by atoms with Crippen LogP contribution in [0.15, 0.2) is 13.6 Å². The Morgan fingerprint density at radius 3 is 2.46 bits per heavy atom. The van der Waals surface area contributed by atoms with E-state index in [-0.39, 0.29) is 0 Å². The summed E-state index contributed by atoms with van der Waals surface area (Å²) in [6, 6.07) is 0. The lowest BCUT2D eigenvalue weighted by Crippen LogP contribution is -1.91. The summed E-state index contributed by atoms with van der Waals surface area (Å²) >= 11 is 0. The van der Waals surface area contributed by atoms with Crippen LogP contribution < -0.4 is 5.82 Å². The molecule has 0 saturated heterocycles. The van der Waals surface area contributed by atoms with E-state index in [2.05, 4.69) is 13.8 Å². The van der Waals surface area contributed by atoms with Crippen LogP contribution in [0.5, 0.6) is 0 Å². The van der Waals surface area contributed by atoms with Crippen LogP contribution in [0.25, 0.3) is 0 Å². The third-order valence-electron chi connectivity index (χ3n) is 2.02. The smallest absolute Gasteiger partial charge is 0.396 e. The predicted octanol–water partition coefficient (Wildman–Crippen LogP) is 2.52. The number of hydrogen-bond donors (Lipinski definition) is 0. The van der Waals surface area contributed by atoms with Gasteiger partial charge in [0, 0.05) is 6.42 Å². The van der Waals surface area contributed by atoms with Gasteiger partial charge < -0.3 is 8.83 Å². The van der Waals surface area contributed by atoms with Crippen molar-refractivity contribution in [3.05, 3.63) is 22.1 Å². The van der Waals surface area contributed by atoms with Gasteiger partial charge in [0.1, 0.15) is 11.5 Å². The lowest BCUT2D eigenvalue weighted by Gasteiger charge is -2.01. The second-order valence-electron chi connectivity index (χ2n) is 3.72. The first kappa shape index (κ1) is 10.1. The fraction of sp³-hybridized carbons (Fsp3) is 0.700. The van der Waals surface area contributed by atoms with Gasteiger partial charge in [0.05, 0.1) is 0 Å². The Kier molecular flexibility index (Phi) is 3.34. The SMILES string of the molecule is Cc1oc(=O)oc1CCCC(C)C. The average molecular weight is 184 g/mol. The largest absolute Gasteiger partial charge is 0.519 e. The van der Waals surface area contributed by atoms with E-state index in [1.165, 1.54) is 0 Å². The van der Waals surface area contributed by atoms with Gasteiger partial charge in [-0.3, -0.25) is 0 Å². The first-order valence-electron chi connectivity index (χ1n) is 4.69. The lowest BCUT2D eigenvalue weighted by atomic mass is 10.1. The Hall–Kier alpha value is -0.990. The van der Waals surface area contributed by atoms with Crippen LogP contribution in [0.2, 0.25) is 0 Å². The van der Waals surface area contributed by atoms with Gasteiger partial charge in [0.2, 0.25) is 0 Å². The highest BCUT2D eigenvalue weighted by Crippen LogP contribution is 2.11. The summed E-state index contributed by atoms with van der Waals surface area (Å²) < 4.78 is 9.62.